The number of nitrogens with one attached hydrogen (secondary N) is 4. The molecule has 3 aromatic heterocycles. The number of hydrogen-bond acceptors (Lipinski definition) is 8. The average Bonchev–Trinajstić information content (AvgIpc) is 2.95. The van der Waals surface area contributed by atoms with Crippen molar-refractivity contribution in [3.8, 4) is 5.75 Å². The van der Waals surface area contributed by atoms with E-state index < -0.39 is 0 Å². The largest absolute Gasteiger partial charge is 0.494 e. The maximum atomic E-state index is 12.3. The van der Waals surface area contributed by atoms with Gasteiger partial charge in [-0.2, -0.15) is 4.98 Å². The number of methoxy groups -OCH3 is 1. The number of rotatable bonds is 8. The summed E-state index contributed by atoms with van der Waals surface area (Å²) in [6.07, 6.45) is 6.64. The van der Waals surface area contributed by atoms with Crippen molar-refractivity contribution in [3.05, 3.63) is 96.0 Å². The summed E-state index contributed by atoms with van der Waals surface area (Å²) in [4.78, 5) is 29.5. The van der Waals surface area contributed by atoms with Crippen LogP contribution in [0.4, 0.5) is 33.6 Å². The molecular weight excluding hydrogens is 504 g/mol. The lowest BCUT2D eigenvalue weighted by Gasteiger charge is -2.14. The van der Waals surface area contributed by atoms with Crippen LogP contribution in [0.2, 0.25) is 5.02 Å². The summed E-state index contributed by atoms with van der Waals surface area (Å²) in [6.45, 7) is 0.358. The minimum Gasteiger partial charge on any atom is -0.494 e. The number of amides is 2. The summed E-state index contributed by atoms with van der Waals surface area (Å²) in [5.74, 6) is 1.24. The van der Waals surface area contributed by atoms with E-state index in [1.165, 1.54) is 13.3 Å². The maximum Gasteiger partial charge on any atom is 0.319 e. The molecule has 2 aromatic carbocycles. The molecule has 0 aliphatic heterocycles. The quantitative estimate of drug-likeness (QED) is 0.197. The van der Waals surface area contributed by atoms with Gasteiger partial charge in [0.15, 0.2) is 5.82 Å². The van der Waals surface area contributed by atoms with Crippen molar-refractivity contribution in [1.29, 1.82) is 0 Å². The number of nitrogens with zero attached hydrogens (tertiary/aromatic N) is 4. The zero-order chi connectivity index (χ0) is 26.3. The zero-order valence-corrected chi connectivity index (χ0v) is 21.0. The molecule has 0 aliphatic rings. The average molecular weight is 527 g/mol. The van der Waals surface area contributed by atoms with Gasteiger partial charge in [0.1, 0.15) is 10.8 Å². The fourth-order valence-corrected chi connectivity index (χ4v) is 3.80. The number of hydrogen-bond donors (Lipinski definition) is 4. The van der Waals surface area contributed by atoms with Gasteiger partial charge in [-0.25, -0.2) is 9.78 Å². The molecule has 38 heavy (non-hydrogen) atoms. The number of aromatic nitrogens is 4. The van der Waals surface area contributed by atoms with E-state index in [1.54, 1.807) is 36.8 Å². The number of pyridine rings is 2. The van der Waals surface area contributed by atoms with E-state index in [9.17, 15) is 4.79 Å². The second-order valence-electron chi connectivity index (χ2n) is 8.14. The molecule has 11 heteroatoms. The molecule has 0 fully saturated rings. The van der Waals surface area contributed by atoms with Crippen molar-refractivity contribution < 1.29 is 9.53 Å². The van der Waals surface area contributed by atoms with Crippen LogP contribution in [0.5, 0.6) is 5.75 Å². The summed E-state index contributed by atoms with van der Waals surface area (Å²) >= 11 is 6.36. The first-order chi connectivity index (χ1) is 18.6. The monoisotopic (exact) mass is 526 g/mol. The minimum atomic E-state index is -0.349. The third-order valence-electron chi connectivity index (χ3n) is 5.49. The Morgan fingerprint density at radius 3 is 2.66 bits per heavy atom. The molecule has 5 rings (SSSR count). The molecule has 4 N–H and O–H groups in total. The Morgan fingerprint density at radius 1 is 0.947 bits per heavy atom. The van der Waals surface area contributed by atoms with Crippen molar-refractivity contribution >= 4 is 57.4 Å². The number of urea groups is 1. The van der Waals surface area contributed by atoms with Gasteiger partial charge in [-0.15, -0.1) is 0 Å². The van der Waals surface area contributed by atoms with Crippen LogP contribution in [0, 0.1) is 0 Å². The Bertz CT molecular complexity index is 1580. The summed E-state index contributed by atoms with van der Waals surface area (Å²) in [5, 5.41) is 13.3. The summed E-state index contributed by atoms with van der Waals surface area (Å²) in [6, 6.07) is 18.2. The molecule has 10 nitrogen and oxygen atoms in total. The Kier molecular flexibility index (Phi) is 7.42. The molecule has 0 saturated heterocycles. The lowest BCUT2D eigenvalue weighted by Crippen LogP contribution is -2.28. The molecule has 190 valence electrons. The third-order valence-corrected chi connectivity index (χ3v) is 5.77. The highest BCUT2D eigenvalue weighted by atomic mass is 35.5. The first-order valence-electron chi connectivity index (χ1n) is 11.6. The summed E-state index contributed by atoms with van der Waals surface area (Å²) in [7, 11) is 1.54. The normalized spacial score (nSPS) is 10.6. The molecule has 0 unspecified atom stereocenters. The predicted octanol–water partition coefficient (Wildman–Crippen LogP) is 5.89. The number of benzene rings is 2. The lowest BCUT2D eigenvalue weighted by molar-refractivity contribution is 0.251. The molecule has 5 aromatic rings. The van der Waals surface area contributed by atoms with E-state index in [0.29, 0.717) is 40.5 Å². The van der Waals surface area contributed by atoms with Crippen LogP contribution in [0.25, 0.3) is 10.9 Å². The van der Waals surface area contributed by atoms with Crippen LogP contribution in [0.1, 0.15) is 5.56 Å². The fraction of sp³-hybridized carbons (Fsp3) is 0.0741. The number of anilines is 5. The molecule has 0 atom stereocenters. The highest BCUT2D eigenvalue weighted by Gasteiger charge is 2.11. The minimum absolute atomic E-state index is 0.313. The molecule has 2 amide bonds. The van der Waals surface area contributed by atoms with Gasteiger partial charge in [0.05, 0.1) is 24.5 Å². The second-order valence-corrected chi connectivity index (χ2v) is 8.54. The number of carbonyl (C=O) groups is 1. The van der Waals surface area contributed by atoms with Crippen molar-refractivity contribution in [3.63, 3.8) is 0 Å². The second kappa shape index (κ2) is 11.4. The van der Waals surface area contributed by atoms with E-state index >= 15 is 0 Å². The highest BCUT2D eigenvalue weighted by Crippen LogP contribution is 2.31. The maximum absolute atomic E-state index is 12.3. The summed E-state index contributed by atoms with van der Waals surface area (Å²) in [5.41, 5.74) is 3.77. The Labute approximate surface area is 223 Å². The Hall–Kier alpha value is -4.96. The standard InChI is InChI=1S/C27H23ClN8O2/c1-38-24-13-20(34-27(37)32-15-17-4-2-10-29-14-17)7-9-23(24)35-26-31-16-21(28)25(36-26)33-19-6-8-22-18(12-19)5-3-11-30-22/h2-14,16H,15H2,1H3,(H2,32,34,37)(H2,31,33,35,36). The van der Waals surface area contributed by atoms with Crippen LogP contribution in [0.3, 0.4) is 0 Å². The van der Waals surface area contributed by atoms with Crippen molar-refractivity contribution in [2.75, 3.05) is 23.1 Å². The number of fused-ring (bicyclic) bond motifs is 1. The van der Waals surface area contributed by atoms with Crippen LogP contribution in [0.15, 0.2) is 85.5 Å². The topological polar surface area (TPSA) is 126 Å². The van der Waals surface area contributed by atoms with E-state index in [4.69, 9.17) is 16.3 Å². The molecular formula is C27H23ClN8O2. The fourth-order valence-electron chi connectivity index (χ4n) is 3.66. The van der Waals surface area contributed by atoms with Gasteiger partial charge in [0.25, 0.3) is 0 Å². The first-order valence-corrected chi connectivity index (χ1v) is 12.0. The molecule has 0 saturated carbocycles. The highest BCUT2D eigenvalue weighted by molar-refractivity contribution is 6.32. The van der Waals surface area contributed by atoms with Gasteiger partial charge in [-0.1, -0.05) is 23.7 Å². The van der Waals surface area contributed by atoms with Crippen molar-refractivity contribution in [2.45, 2.75) is 6.54 Å². The van der Waals surface area contributed by atoms with E-state index in [0.717, 1.165) is 22.2 Å². The number of ether oxygens (including phenoxy) is 1. The zero-order valence-electron chi connectivity index (χ0n) is 20.3. The molecule has 3 heterocycles. The van der Waals surface area contributed by atoms with Crippen LogP contribution in [-0.2, 0) is 6.54 Å². The molecule has 0 aliphatic carbocycles. The Balaban J connectivity index is 1.27. The van der Waals surface area contributed by atoms with Crippen LogP contribution in [-0.4, -0.2) is 33.1 Å². The van der Waals surface area contributed by atoms with Crippen molar-refractivity contribution in [2.24, 2.45) is 0 Å². The van der Waals surface area contributed by atoms with Gasteiger partial charge in [-0.3, -0.25) is 9.97 Å². The van der Waals surface area contributed by atoms with E-state index in [2.05, 4.69) is 41.2 Å². The van der Waals surface area contributed by atoms with Crippen molar-refractivity contribution in [1.82, 2.24) is 25.3 Å². The third kappa shape index (κ3) is 6.05. The number of carbonyl (C=O) groups excluding carboxylic acids is 1. The van der Waals surface area contributed by atoms with E-state index in [-0.39, 0.29) is 6.03 Å². The Morgan fingerprint density at radius 2 is 1.82 bits per heavy atom. The smallest absolute Gasteiger partial charge is 0.319 e. The van der Waals surface area contributed by atoms with E-state index in [1.807, 2.05) is 42.5 Å². The SMILES string of the molecule is COc1cc(NC(=O)NCc2cccnc2)ccc1Nc1ncc(Cl)c(Nc2ccc3ncccc3c2)n1. The lowest BCUT2D eigenvalue weighted by atomic mass is 10.2. The first kappa shape index (κ1) is 24.7. The van der Waals surface area contributed by atoms with Crippen LogP contribution < -0.4 is 26.0 Å². The van der Waals surface area contributed by atoms with Gasteiger partial charge >= 0.3 is 6.03 Å². The molecule has 0 spiro atoms. The van der Waals surface area contributed by atoms with Gasteiger partial charge < -0.3 is 26.0 Å². The number of halogens is 1. The van der Waals surface area contributed by atoms with Gasteiger partial charge in [-0.05, 0) is 48.0 Å². The summed E-state index contributed by atoms with van der Waals surface area (Å²) < 4.78 is 5.51. The van der Waals surface area contributed by atoms with Gasteiger partial charge in [0.2, 0.25) is 5.95 Å². The molecule has 0 bridgehead atoms. The molecule has 0 radical (unpaired) electrons. The predicted molar refractivity (Wildman–Crippen MR) is 148 cm³/mol. The van der Waals surface area contributed by atoms with Crippen LogP contribution >= 0.6 is 11.6 Å². The van der Waals surface area contributed by atoms with Gasteiger partial charge in [0, 0.05) is 48.0 Å².